The van der Waals surface area contributed by atoms with Crippen molar-refractivity contribution in [1.29, 1.82) is 0 Å². The van der Waals surface area contributed by atoms with E-state index in [1.165, 1.54) is 11.3 Å². The van der Waals surface area contributed by atoms with Crippen LogP contribution < -0.4 is 16.0 Å². The second-order valence-corrected chi connectivity index (χ2v) is 20.3. The molecule has 0 spiro atoms. The molecular formula is C43H55BrN3O13PS. The number of thiophene rings is 1. The van der Waals surface area contributed by atoms with Crippen LogP contribution in [0.15, 0.2) is 54.1 Å². The topological polar surface area (TPSA) is 258 Å². The number of fused-ring (bicyclic) bond motifs is 5. The Morgan fingerprint density at radius 2 is 1.89 bits per heavy atom. The summed E-state index contributed by atoms with van der Waals surface area (Å²) in [6, 6.07) is 7.97. The molecule has 8 N–H and O–H groups in total. The maximum Gasteiger partial charge on any atom is 0.470 e. The van der Waals surface area contributed by atoms with Crippen molar-refractivity contribution in [2.24, 2.45) is 34.5 Å². The molecule has 0 aliphatic heterocycles. The smallest absolute Gasteiger partial charge is 0.396 e. The average molecular weight is 965 g/mol. The van der Waals surface area contributed by atoms with E-state index in [9.17, 15) is 53.6 Å². The van der Waals surface area contributed by atoms with Crippen molar-refractivity contribution in [1.82, 2.24) is 10.6 Å². The van der Waals surface area contributed by atoms with Gasteiger partial charge in [0, 0.05) is 34.9 Å². The molecular weight excluding hydrogens is 909 g/mol. The highest BCUT2D eigenvalue weighted by Crippen LogP contribution is 2.66. The van der Waals surface area contributed by atoms with Crippen LogP contribution in [0.3, 0.4) is 0 Å². The minimum Gasteiger partial charge on any atom is -0.396 e. The van der Waals surface area contributed by atoms with Gasteiger partial charge >= 0.3 is 7.82 Å². The number of hydrogen-bond acceptors (Lipinski definition) is 12. The number of phosphoric acid groups is 1. The number of aliphatic hydroxyl groups excluding tert-OH is 3. The Kier molecular flexibility index (Phi) is 15.3. The van der Waals surface area contributed by atoms with Gasteiger partial charge in [0.2, 0.25) is 17.7 Å². The van der Waals surface area contributed by atoms with Crippen LogP contribution in [0.2, 0.25) is 0 Å². The van der Waals surface area contributed by atoms with Crippen molar-refractivity contribution in [2.45, 2.75) is 90.3 Å². The Morgan fingerprint density at radius 3 is 2.60 bits per heavy atom. The first kappa shape index (κ1) is 48.0. The Labute approximate surface area is 372 Å². The number of alkyl halides is 1. The second-order valence-electron chi connectivity index (χ2n) is 17.3. The van der Waals surface area contributed by atoms with Gasteiger partial charge in [-0.05, 0) is 104 Å². The molecule has 0 unspecified atom stereocenters. The van der Waals surface area contributed by atoms with Crippen molar-refractivity contribution in [3.8, 4) is 0 Å². The molecule has 1 aromatic heterocycles. The van der Waals surface area contributed by atoms with Crippen molar-refractivity contribution < 1.29 is 62.9 Å². The van der Waals surface area contributed by atoms with Crippen LogP contribution in [0.5, 0.6) is 0 Å². The van der Waals surface area contributed by atoms with Gasteiger partial charge in [-0.2, -0.15) is 0 Å². The fourth-order valence-corrected chi connectivity index (χ4v) is 12.2. The van der Waals surface area contributed by atoms with E-state index in [-0.39, 0.29) is 67.2 Å². The summed E-state index contributed by atoms with van der Waals surface area (Å²) in [5, 5.41) is 40.8. The molecule has 0 saturated heterocycles. The first-order valence-corrected chi connectivity index (χ1v) is 24.1. The van der Waals surface area contributed by atoms with Gasteiger partial charge in [0.1, 0.15) is 12.6 Å². The second kappa shape index (κ2) is 19.8. The molecule has 0 radical (unpaired) electrons. The van der Waals surface area contributed by atoms with E-state index in [1.807, 2.05) is 32.9 Å². The summed E-state index contributed by atoms with van der Waals surface area (Å²) in [7, 11) is -5.00. The summed E-state index contributed by atoms with van der Waals surface area (Å²) >= 11 is 4.32. The summed E-state index contributed by atoms with van der Waals surface area (Å²) in [6.07, 6.45) is 4.58. The average Bonchev–Trinajstić information content (AvgIpc) is 3.72. The monoisotopic (exact) mass is 963 g/mol. The van der Waals surface area contributed by atoms with E-state index in [4.69, 9.17) is 9.26 Å². The van der Waals surface area contributed by atoms with Crippen LogP contribution in [0.4, 0.5) is 5.69 Å². The molecule has 3 fully saturated rings. The number of Topliss-reactive ketones (excluding diaryl/α,β-unsaturated/α-hetero) is 1. The van der Waals surface area contributed by atoms with Crippen LogP contribution in [-0.2, 0) is 44.2 Å². The number of ether oxygens (including phenoxy) is 1. The lowest BCUT2D eigenvalue weighted by atomic mass is 9.46. The van der Waals surface area contributed by atoms with Crippen molar-refractivity contribution in [3.63, 3.8) is 0 Å². The van der Waals surface area contributed by atoms with E-state index in [0.717, 1.165) is 21.6 Å². The zero-order valence-electron chi connectivity index (χ0n) is 34.8. The highest BCUT2D eigenvalue weighted by molar-refractivity contribution is 9.09. The highest BCUT2D eigenvalue weighted by atomic mass is 79.9. The quantitative estimate of drug-likeness (QED) is 0.0600. The maximum absolute atomic E-state index is 14.0. The number of aliphatic hydroxyl groups is 3. The molecule has 19 heteroatoms. The van der Waals surface area contributed by atoms with Gasteiger partial charge in [-0.1, -0.05) is 53.6 Å². The van der Waals surface area contributed by atoms with E-state index < -0.39 is 73.3 Å². The zero-order chi connectivity index (χ0) is 45.1. The lowest BCUT2D eigenvalue weighted by Gasteiger charge is -2.58. The SMILES string of the molecule is Cc1cc([C@@H](O)O[C@@H]2C[C@H]3[C@@H]4CCC5=CC(=O)C=C[C@]5(C)[C@H]4[C@@H](O)C[C@]3(C)[C@H]2C(=O)COP(=O)(O)O)sc1Cc1cccc(NC(=O)[C@H](CCCO)NC(=O)CNC(=O)CBr)c1. The summed E-state index contributed by atoms with van der Waals surface area (Å²) in [5.74, 6) is -3.58. The van der Waals surface area contributed by atoms with Crippen LogP contribution in [0.1, 0.15) is 79.5 Å². The molecule has 0 bridgehead atoms. The third-order valence-corrected chi connectivity index (χ3v) is 15.5. The molecule has 16 nitrogen and oxygen atoms in total. The van der Waals surface area contributed by atoms with E-state index in [0.29, 0.717) is 36.2 Å². The number of carbonyl (C=O) groups is 5. The molecule has 4 aliphatic rings. The van der Waals surface area contributed by atoms with E-state index in [1.54, 1.807) is 36.4 Å². The van der Waals surface area contributed by atoms with Crippen molar-refractivity contribution in [2.75, 3.05) is 30.4 Å². The Morgan fingerprint density at radius 1 is 1.13 bits per heavy atom. The number of benzene rings is 1. The molecule has 3 saturated carbocycles. The number of nitrogens with one attached hydrogen (secondary N) is 3. The molecule has 2 aromatic rings. The fraction of sp³-hybridized carbons (Fsp3) is 0.558. The molecule has 1 aromatic carbocycles. The molecule has 3 amide bonds. The van der Waals surface area contributed by atoms with Gasteiger partial charge in [-0.25, -0.2) is 4.57 Å². The lowest BCUT2D eigenvalue weighted by molar-refractivity contribution is -0.166. The molecule has 338 valence electrons. The van der Waals surface area contributed by atoms with Crippen molar-refractivity contribution >= 4 is 70.1 Å². The van der Waals surface area contributed by atoms with Gasteiger partial charge in [0.05, 0.1) is 34.9 Å². The zero-order valence-corrected chi connectivity index (χ0v) is 38.0. The number of carbonyl (C=O) groups excluding carboxylic acids is 5. The number of amides is 3. The summed E-state index contributed by atoms with van der Waals surface area (Å²) in [4.78, 5) is 83.9. The predicted octanol–water partition coefficient (Wildman–Crippen LogP) is 3.91. The first-order valence-electron chi connectivity index (χ1n) is 20.7. The number of phosphoric ester groups is 1. The molecule has 4 aliphatic carbocycles. The third-order valence-electron chi connectivity index (χ3n) is 13.2. The minimum absolute atomic E-state index is 0.0214. The van der Waals surface area contributed by atoms with Gasteiger partial charge < -0.3 is 45.8 Å². The third kappa shape index (κ3) is 10.7. The largest absolute Gasteiger partial charge is 0.470 e. The number of aryl methyl sites for hydroxylation is 1. The number of ketones is 2. The Hall–Kier alpha value is -3.42. The van der Waals surface area contributed by atoms with Crippen LogP contribution in [0.25, 0.3) is 0 Å². The molecule has 62 heavy (non-hydrogen) atoms. The number of anilines is 1. The maximum atomic E-state index is 14.0. The van der Waals surface area contributed by atoms with Crippen LogP contribution in [0, 0.1) is 41.4 Å². The normalized spacial score (nSPS) is 28.8. The van der Waals surface area contributed by atoms with E-state index >= 15 is 0 Å². The van der Waals surface area contributed by atoms with Gasteiger partial charge in [-0.3, -0.25) is 28.5 Å². The highest BCUT2D eigenvalue weighted by Gasteiger charge is 2.65. The van der Waals surface area contributed by atoms with Gasteiger partial charge in [0.15, 0.2) is 17.9 Å². The summed E-state index contributed by atoms with van der Waals surface area (Å²) in [5.41, 5.74) is 1.70. The van der Waals surface area contributed by atoms with Crippen molar-refractivity contribution in [3.05, 3.63) is 75.0 Å². The van der Waals surface area contributed by atoms with E-state index in [2.05, 4.69) is 31.9 Å². The summed E-state index contributed by atoms with van der Waals surface area (Å²) in [6.45, 7) is 4.46. The Bertz CT molecular complexity index is 2160. The number of hydrogen-bond donors (Lipinski definition) is 8. The standard InChI is InChI=1S/C43H55BrN3O13PS/c1-23-14-35(62-34(23)16-24-6-4-7-26(15-24)46-40(54)30(8-5-13-48)47-37(53)21-45-36(52)20-44)41(55)60-33-18-29-28-10-9-25-17-27(49)11-12-42(25,2)38(28)31(50)19-43(29,3)39(33)32(51)22-59-61(56,57)58/h4,6-7,11-12,14-15,17,28-31,33,38-39,41,48,50,55H,5,8-10,13,16,18-22H2,1-3H3,(H,45,52)(H,46,54)(H,47,53)(H2,56,57,58)/t28-,29-,30-,31-,33+,38+,39-,41-,42-,43-/m0/s1. The molecule has 6 rings (SSSR count). The first-order chi connectivity index (χ1) is 29.3. The summed E-state index contributed by atoms with van der Waals surface area (Å²) < 4.78 is 22.8. The number of halogens is 1. The minimum atomic E-state index is -5.00. The Balaban J connectivity index is 1.17. The molecule has 1 heterocycles. The number of rotatable bonds is 18. The van der Waals surface area contributed by atoms with Crippen LogP contribution in [-0.4, -0.2) is 97.7 Å². The van der Waals surface area contributed by atoms with Crippen LogP contribution >= 0.6 is 35.1 Å². The number of allylic oxidation sites excluding steroid dienone is 4. The fourth-order valence-electron chi connectivity index (χ4n) is 10.6. The van der Waals surface area contributed by atoms with Gasteiger partial charge in [-0.15, -0.1) is 11.3 Å². The van der Waals surface area contributed by atoms with Gasteiger partial charge in [0.25, 0.3) is 0 Å². The predicted molar refractivity (Wildman–Crippen MR) is 232 cm³/mol. The lowest BCUT2D eigenvalue weighted by Crippen LogP contribution is -2.56. The molecule has 10 atom stereocenters.